The van der Waals surface area contributed by atoms with E-state index in [1.165, 1.54) is 17.6 Å². The first-order valence-corrected chi connectivity index (χ1v) is 5.97. The smallest absolute Gasteiger partial charge is 0.211 e. The van der Waals surface area contributed by atoms with E-state index in [-0.39, 0.29) is 0 Å². The van der Waals surface area contributed by atoms with Crippen LogP contribution < -0.4 is 4.74 Å². The Morgan fingerprint density at radius 2 is 2.18 bits per heavy atom. The number of rotatable bonds is 4. The molecule has 88 valence electrons. The minimum atomic E-state index is 0.309. The predicted octanol–water partition coefficient (Wildman–Crippen LogP) is 2.28. The number of methoxy groups -OCH3 is 1. The lowest BCUT2D eigenvalue weighted by atomic mass is 10.2. The Bertz CT molecular complexity index is 492. The second-order valence-electron chi connectivity index (χ2n) is 3.42. The maximum absolute atomic E-state index is 11.6. The van der Waals surface area contributed by atoms with E-state index < -0.39 is 0 Å². The van der Waals surface area contributed by atoms with Crippen LogP contribution in [0.4, 0.5) is 0 Å². The molecule has 0 aliphatic carbocycles. The average Bonchev–Trinajstić information content (AvgIpc) is 2.82. The predicted molar refractivity (Wildman–Crippen MR) is 67.6 cm³/mol. The number of hydroxylamine groups is 1. The number of benzene rings is 1. The highest BCUT2D eigenvalue weighted by Gasteiger charge is 2.01. The Kier molecular flexibility index (Phi) is 3.72. The molecule has 0 bridgehead atoms. The lowest BCUT2D eigenvalue weighted by Crippen LogP contribution is -2.05. The number of aromatic nitrogens is 1. The highest BCUT2D eigenvalue weighted by Crippen LogP contribution is 2.11. The van der Waals surface area contributed by atoms with Gasteiger partial charge in [0.2, 0.25) is 6.21 Å². The van der Waals surface area contributed by atoms with Gasteiger partial charge in [-0.1, -0.05) is 0 Å². The summed E-state index contributed by atoms with van der Waals surface area (Å²) < 4.78 is 5.93. The molecule has 0 atom stereocenters. The summed E-state index contributed by atoms with van der Waals surface area (Å²) in [6.07, 6.45) is 3.17. The molecule has 2 rings (SSSR count). The van der Waals surface area contributed by atoms with Crippen molar-refractivity contribution in [2.75, 3.05) is 7.11 Å². The van der Waals surface area contributed by atoms with Gasteiger partial charge in [-0.25, -0.2) is 9.72 Å². The summed E-state index contributed by atoms with van der Waals surface area (Å²) in [5, 5.41) is 14.2. The molecule has 17 heavy (non-hydrogen) atoms. The number of thiazole rings is 1. The second-order valence-corrected chi connectivity index (χ2v) is 4.35. The van der Waals surface area contributed by atoms with Gasteiger partial charge in [-0.3, -0.25) is 0 Å². The van der Waals surface area contributed by atoms with Crippen LogP contribution in [0, 0.1) is 5.21 Å². The fourth-order valence-electron chi connectivity index (χ4n) is 1.38. The second kappa shape index (κ2) is 5.45. The van der Waals surface area contributed by atoms with E-state index in [1.807, 2.05) is 29.6 Å². The van der Waals surface area contributed by atoms with E-state index in [1.54, 1.807) is 13.3 Å². The summed E-state index contributed by atoms with van der Waals surface area (Å²) in [7, 11) is 1.62. The van der Waals surface area contributed by atoms with Crippen molar-refractivity contribution in [3.8, 4) is 5.75 Å². The Hall–Kier alpha value is -1.88. The van der Waals surface area contributed by atoms with E-state index >= 15 is 0 Å². The molecule has 0 saturated carbocycles. The molecule has 1 aromatic carbocycles. The molecule has 0 aliphatic rings. The highest BCUT2D eigenvalue weighted by molar-refractivity contribution is 7.11. The molecule has 1 heterocycles. The fourth-order valence-corrected chi connectivity index (χ4v) is 1.94. The minimum Gasteiger partial charge on any atom is -0.623 e. The zero-order valence-electron chi connectivity index (χ0n) is 9.37. The molecule has 4 nitrogen and oxygen atoms in total. The SMILES string of the molecule is COc1ccc(C/[N+]([O-])=C/c2nccs2)cc1. The van der Waals surface area contributed by atoms with Crippen molar-refractivity contribution < 1.29 is 9.48 Å². The van der Waals surface area contributed by atoms with Gasteiger partial charge in [0.05, 0.1) is 7.11 Å². The van der Waals surface area contributed by atoms with Crippen LogP contribution in [-0.2, 0) is 6.54 Å². The van der Waals surface area contributed by atoms with Crippen LogP contribution >= 0.6 is 11.3 Å². The third-order valence-electron chi connectivity index (χ3n) is 2.20. The summed E-state index contributed by atoms with van der Waals surface area (Å²) in [5.41, 5.74) is 0.939. The van der Waals surface area contributed by atoms with E-state index in [2.05, 4.69) is 4.98 Å². The average molecular weight is 248 g/mol. The normalized spacial score (nSPS) is 11.5. The number of hydrogen-bond acceptors (Lipinski definition) is 4. The molecule has 1 aromatic heterocycles. The number of hydrogen-bond donors (Lipinski definition) is 0. The monoisotopic (exact) mass is 248 g/mol. The molecule has 0 radical (unpaired) electrons. The van der Waals surface area contributed by atoms with Gasteiger partial charge in [-0.2, -0.15) is 0 Å². The van der Waals surface area contributed by atoms with Crippen LogP contribution in [0.25, 0.3) is 0 Å². The van der Waals surface area contributed by atoms with Crippen molar-refractivity contribution in [1.82, 2.24) is 4.98 Å². The third-order valence-corrected chi connectivity index (χ3v) is 2.91. The van der Waals surface area contributed by atoms with E-state index in [0.29, 0.717) is 11.6 Å². The van der Waals surface area contributed by atoms with E-state index in [4.69, 9.17) is 4.74 Å². The lowest BCUT2D eigenvalue weighted by Gasteiger charge is -2.04. The largest absolute Gasteiger partial charge is 0.623 e. The molecule has 0 unspecified atom stereocenters. The van der Waals surface area contributed by atoms with Gasteiger partial charge in [0.15, 0.2) is 11.6 Å². The van der Waals surface area contributed by atoms with Gasteiger partial charge in [0.25, 0.3) is 0 Å². The van der Waals surface area contributed by atoms with Crippen LogP contribution in [-0.4, -0.2) is 23.0 Å². The zero-order valence-corrected chi connectivity index (χ0v) is 10.2. The third kappa shape index (κ3) is 3.29. The zero-order chi connectivity index (χ0) is 12.1. The van der Waals surface area contributed by atoms with E-state index in [0.717, 1.165) is 16.1 Å². The molecular weight excluding hydrogens is 236 g/mol. The Morgan fingerprint density at radius 1 is 1.41 bits per heavy atom. The molecule has 2 aromatic rings. The molecule has 0 aliphatic heterocycles. The first-order valence-electron chi connectivity index (χ1n) is 5.09. The van der Waals surface area contributed by atoms with Crippen molar-refractivity contribution in [3.63, 3.8) is 0 Å². The minimum absolute atomic E-state index is 0.309. The van der Waals surface area contributed by atoms with Crippen molar-refractivity contribution >= 4 is 17.6 Å². The van der Waals surface area contributed by atoms with Gasteiger partial charge in [0.1, 0.15) is 5.75 Å². The lowest BCUT2D eigenvalue weighted by molar-refractivity contribution is -0.469. The molecule has 5 heteroatoms. The van der Waals surface area contributed by atoms with Crippen molar-refractivity contribution in [2.24, 2.45) is 0 Å². The fraction of sp³-hybridized carbons (Fsp3) is 0.167. The molecular formula is C12H12N2O2S. The molecule has 0 spiro atoms. The summed E-state index contributed by atoms with van der Waals surface area (Å²) >= 11 is 1.44. The number of ether oxygens (including phenoxy) is 1. The summed E-state index contributed by atoms with van der Waals surface area (Å²) in [4.78, 5) is 4.03. The summed E-state index contributed by atoms with van der Waals surface area (Å²) in [5.74, 6) is 0.787. The maximum atomic E-state index is 11.6. The molecule has 0 fully saturated rings. The van der Waals surface area contributed by atoms with Crippen LogP contribution in [0.3, 0.4) is 0 Å². The van der Waals surface area contributed by atoms with Gasteiger partial charge < -0.3 is 9.94 Å². The van der Waals surface area contributed by atoms with Crippen molar-refractivity contribution in [1.29, 1.82) is 0 Å². The quantitative estimate of drug-likeness (QED) is 0.361. The van der Waals surface area contributed by atoms with Gasteiger partial charge in [0, 0.05) is 17.1 Å². The number of nitrogens with zero attached hydrogens (tertiary/aromatic N) is 2. The van der Waals surface area contributed by atoms with Crippen LogP contribution in [0.1, 0.15) is 10.6 Å². The molecule has 0 N–H and O–H groups in total. The standard InChI is InChI=1S/C12H12N2O2S/c1-16-11-4-2-10(3-5-11)8-14(15)9-12-13-6-7-17-12/h2-7,9H,8H2,1H3/b14-9-. The van der Waals surface area contributed by atoms with Gasteiger partial charge >= 0.3 is 0 Å². The van der Waals surface area contributed by atoms with Crippen molar-refractivity contribution in [3.05, 3.63) is 51.6 Å². The topological polar surface area (TPSA) is 48.2 Å². The molecule has 0 amide bonds. The van der Waals surface area contributed by atoms with Crippen LogP contribution in [0.2, 0.25) is 0 Å². The van der Waals surface area contributed by atoms with Gasteiger partial charge in [-0.15, -0.1) is 11.3 Å². The highest BCUT2D eigenvalue weighted by atomic mass is 32.1. The van der Waals surface area contributed by atoms with Crippen LogP contribution in [0.5, 0.6) is 5.75 Å². The molecule has 0 saturated heterocycles. The summed E-state index contributed by atoms with van der Waals surface area (Å²) in [6.45, 7) is 0.309. The first-order chi connectivity index (χ1) is 8.28. The Labute approximate surface area is 103 Å². The van der Waals surface area contributed by atoms with Crippen LogP contribution in [0.15, 0.2) is 35.8 Å². The summed E-state index contributed by atoms with van der Waals surface area (Å²) in [6, 6.07) is 7.43. The Balaban J connectivity index is 2.05. The first kappa shape index (κ1) is 11.6. The van der Waals surface area contributed by atoms with Crippen molar-refractivity contribution in [2.45, 2.75) is 6.54 Å². The maximum Gasteiger partial charge on any atom is 0.211 e. The van der Waals surface area contributed by atoms with E-state index in [9.17, 15) is 5.21 Å². The van der Waals surface area contributed by atoms with Gasteiger partial charge in [-0.05, 0) is 24.3 Å². The Morgan fingerprint density at radius 3 is 2.76 bits per heavy atom.